The van der Waals surface area contributed by atoms with Crippen molar-refractivity contribution in [3.8, 4) is 5.69 Å². The molecule has 1 heterocycles. The van der Waals surface area contributed by atoms with E-state index in [-0.39, 0.29) is 18.6 Å². The highest BCUT2D eigenvalue weighted by atomic mass is 79.9. The van der Waals surface area contributed by atoms with E-state index in [4.69, 9.17) is 21.5 Å². The second-order valence-electron chi connectivity index (χ2n) is 7.36. The first-order valence-corrected chi connectivity index (χ1v) is 11.2. The van der Waals surface area contributed by atoms with Crippen molar-refractivity contribution in [2.45, 2.75) is 25.6 Å². The van der Waals surface area contributed by atoms with Gasteiger partial charge in [0, 0.05) is 28.7 Å². The fourth-order valence-electron chi connectivity index (χ4n) is 3.00. The summed E-state index contributed by atoms with van der Waals surface area (Å²) in [4.78, 5) is 12.8. The number of carbonyl (C=O) groups is 1. The number of hydrogen-bond acceptors (Lipinski definition) is 5. The van der Waals surface area contributed by atoms with Crippen molar-refractivity contribution in [1.29, 1.82) is 0 Å². The van der Waals surface area contributed by atoms with Crippen molar-refractivity contribution in [1.82, 2.24) is 20.1 Å². The largest absolute Gasteiger partial charge is 0.490 e. The molecule has 1 aromatic heterocycles. The van der Waals surface area contributed by atoms with Gasteiger partial charge in [-0.05, 0) is 54.7 Å². The quantitative estimate of drug-likeness (QED) is 0.364. The lowest BCUT2D eigenvalue weighted by atomic mass is 9.99. The lowest BCUT2D eigenvalue weighted by molar-refractivity contribution is -0.192. The van der Waals surface area contributed by atoms with E-state index in [1.807, 2.05) is 30.3 Å². The van der Waals surface area contributed by atoms with Crippen molar-refractivity contribution >= 4 is 33.5 Å². The Morgan fingerprint density at radius 2 is 1.97 bits per heavy atom. The van der Waals surface area contributed by atoms with Crippen LogP contribution in [-0.4, -0.2) is 50.3 Å². The van der Waals surface area contributed by atoms with Crippen molar-refractivity contribution < 1.29 is 28.2 Å². The van der Waals surface area contributed by atoms with Gasteiger partial charge in [-0.3, -0.25) is 0 Å². The van der Waals surface area contributed by atoms with Gasteiger partial charge in [0.15, 0.2) is 0 Å². The topological polar surface area (TPSA) is 100 Å². The Morgan fingerprint density at radius 3 is 2.50 bits per heavy atom. The Labute approximate surface area is 207 Å². The monoisotopic (exact) mass is 562 g/mol. The predicted octanol–water partition coefficient (Wildman–Crippen LogP) is 4.82. The molecule has 184 valence electrons. The van der Waals surface area contributed by atoms with E-state index >= 15 is 0 Å². The summed E-state index contributed by atoms with van der Waals surface area (Å²) in [5.41, 5.74) is 3.09. The summed E-state index contributed by atoms with van der Waals surface area (Å²) in [7, 11) is 0. The Morgan fingerprint density at radius 1 is 1.26 bits per heavy atom. The molecule has 0 aliphatic carbocycles. The zero-order chi connectivity index (χ0) is 25.3. The first-order chi connectivity index (χ1) is 16.0. The number of aliphatic carboxylic acids is 1. The fourth-order valence-corrected chi connectivity index (χ4v) is 3.79. The molecule has 0 fully saturated rings. The van der Waals surface area contributed by atoms with Gasteiger partial charge in [0.25, 0.3) is 0 Å². The first-order valence-electron chi connectivity index (χ1n) is 10.0. The molecular formula is C22H23BrClF3N4O3. The number of carboxylic acid groups (broad SMARTS) is 1. The number of hydrogen-bond donors (Lipinski definition) is 3. The molecule has 7 nitrogen and oxygen atoms in total. The van der Waals surface area contributed by atoms with E-state index in [0.29, 0.717) is 11.6 Å². The van der Waals surface area contributed by atoms with Crippen LogP contribution in [0.2, 0.25) is 5.02 Å². The fraction of sp³-hybridized carbons (Fsp3) is 0.318. The van der Waals surface area contributed by atoms with Crippen LogP contribution in [0.4, 0.5) is 13.2 Å². The molecule has 0 bridgehead atoms. The number of aromatic nitrogens is 3. The second-order valence-corrected chi connectivity index (χ2v) is 8.68. The molecule has 3 N–H and O–H groups in total. The van der Waals surface area contributed by atoms with Crippen LogP contribution in [-0.2, 0) is 11.2 Å². The van der Waals surface area contributed by atoms with E-state index in [1.54, 1.807) is 11.0 Å². The number of aliphatic hydroxyl groups is 1. The SMILES string of the molecule is CC(NCC(CO)Cc1cccc(Br)c1)c1ccc(-n2cncn2)cc1Cl.O=C(O)C(F)(F)F. The molecule has 0 aliphatic heterocycles. The third kappa shape index (κ3) is 8.71. The van der Waals surface area contributed by atoms with Crippen LogP contribution >= 0.6 is 27.5 Å². The first kappa shape index (κ1) is 27.8. The van der Waals surface area contributed by atoms with Gasteiger partial charge in [-0.2, -0.15) is 18.3 Å². The van der Waals surface area contributed by atoms with E-state index in [0.717, 1.165) is 22.1 Å². The summed E-state index contributed by atoms with van der Waals surface area (Å²) in [6.45, 7) is 2.90. The molecule has 34 heavy (non-hydrogen) atoms. The lowest BCUT2D eigenvalue weighted by Gasteiger charge is -2.21. The van der Waals surface area contributed by atoms with Crippen molar-refractivity contribution in [2.24, 2.45) is 5.92 Å². The molecule has 0 radical (unpaired) electrons. The number of carboxylic acids is 1. The number of rotatable bonds is 8. The molecule has 12 heteroatoms. The molecule has 2 aromatic carbocycles. The maximum atomic E-state index is 10.6. The van der Waals surface area contributed by atoms with Crippen molar-refractivity contribution in [3.63, 3.8) is 0 Å². The molecule has 0 amide bonds. The van der Waals surface area contributed by atoms with E-state index in [1.165, 1.54) is 11.9 Å². The predicted molar refractivity (Wildman–Crippen MR) is 125 cm³/mol. The Bertz CT molecular complexity index is 1070. The molecule has 0 saturated carbocycles. The van der Waals surface area contributed by atoms with Crippen LogP contribution in [0.1, 0.15) is 24.1 Å². The maximum absolute atomic E-state index is 10.6. The average Bonchev–Trinajstić information content (AvgIpc) is 3.31. The standard InChI is InChI=1S/C20H22BrClN4O.C2HF3O2/c1-14(19-6-5-18(9-20(19)22)26-13-23-12-25-26)24-10-16(11-27)7-15-3-2-4-17(21)8-15;3-2(4,5)1(6)7/h2-6,8-9,12-14,16,24,27H,7,10-11H2,1H3;(H,6,7). The Hall–Kier alpha value is -2.47. The summed E-state index contributed by atoms with van der Waals surface area (Å²) in [6.07, 6.45) is -1.14. The highest BCUT2D eigenvalue weighted by Gasteiger charge is 2.38. The third-order valence-corrected chi connectivity index (χ3v) is 5.58. The van der Waals surface area contributed by atoms with Gasteiger partial charge in [-0.1, -0.05) is 45.7 Å². The Balaban J connectivity index is 0.000000509. The molecule has 0 spiro atoms. The van der Waals surface area contributed by atoms with E-state index in [2.05, 4.69) is 50.4 Å². The number of nitrogens with zero attached hydrogens (tertiary/aromatic N) is 3. The van der Waals surface area contributed by atoms with Gasteiger partial charge in [0.05, 0.1) is 5.69 Å². The zero-order valence-electron chi connectivity index (χ0n) is 18.0. The summed E-state index contributed by atoms with van der Waals surface area (Å²) in [5, 5.41) is 25.2. The van der Waals surface area contributed by atoms with Crippen LogP contribution in [0.5, 0.6) is 0 Å². The van der Waals surface area contributed by atoms with Gasteiger partial charge in [0.1, 0.15) is 12.7 Å². The number of halogens is 5. The normalized spacial score (nSPS) is 13.0. The van der Waals surface area contributed by atoms with Crippen molar-refractivity contribution in [2.75, 3.05) is 13.2 Å². The smallest absolute Gasteiger partial charge is 0.475 e. The van der Waals surface area contributed by atoms with Crippen LogP contribution in [0.25, 0.3) is 5.69 Å². The molecular weight excluding hydrogens is 541 g/mol. The minimum absolute atomic E-state index is 0.0684. The lowest BCUT2D eigenvalue weighted by Crippen LogP contribution is -2.29. The van der Waals surface area contributed by atoms with Gasteiger partial charge < -0.3 is 15.5 Å². The van der Waals surface area contributed by atoms with Gasteiger partial charge in [0.2, 0.25) is 0 Å². The molecule has 3 rings (SSSR count). The average molecular weight is 564 g/mol. The summed E-state index contributed by atoms with van der Waals surface area (Å²) < 4.78 is 34.5. The minimum Gasteiger partial charge on any atom is -0.475 e. The molecule has 0 aliphatic rings. The van der Waals surface area contributed by atoms with E-state index < -0.39 is 12.1 Å². The van der Waals surface area contributed by atoms with Gasteiger partial charge in [-0.25, -0.2) is 14.5 Å². The Kier molecular flexibility index (Phi) is 10.5. The number of aliphatic hydroxyl groups excluding tert-OH is 1. The van der Waals surface area contributed by atoms with Crippen LogP contribution in [0, 0.1) is 5.92 Å². The highest BCUT2D eigenvalue weighted by molar-refractivity contribution is 9.10. The zero-order valence-corrected chi connectivity index (χ0v) is 20.3. The van der Waals surface area contributed by atoms with Gasteiger partial charge in [-0.15, -0.1) is 0 Å². The number of alkyl halides is 3. The second kappa shape index (κ2) is 12.8. The summed E-state index contributed by atoms with van der Waals surface area (Å²) in [5.74, 6) is -2.62. The van der Waals surface area contributed by atoms with E-state index in [9.17, 15) is 18.3 Å². The summed E-state index contributed by atoms with van der Waals surface area (Å²) in [6, 6.07) is 14.1. The number of benzene rings is 2. The van der Waals surface area contributed by atoms with Crippen LogP contribution in [0.15, 0.2) is 59.6 Å². The maximum Gasteiger partial charge on any atom is 0.490 e. The molecule has 0 saturated heterocycles. The van der Waals surface area contributed by atoms with Crippen molar-refractivity contribution in [3.05, 3.63) is 75.7 Å². The number of nitrogens with one attached hydrogen (secondary N) is 1. The van der Waals surface area contributed by atoms with Crippen LogP contribution in [0.3, 0.4) is 0 Å². The molecule has 3 aromatic rings. The molecule has 2 atom stereocenters. The van der Waals surface area contributed by atoms with Crippen LogP contribution < -0.4 is 5.32 Å². The van der Waals surface area contributed by atoms with Gasteiger partial charge >= 0.3 is 12.1 Å². The highest BCUT2D eigenvalue weighted by Crippen LogP contribution is 2.26. The minimum atomic E-state index is -5.08. The third-order valence-electron chi connectivity index (χ3n) is 4.76. The molecule has 2 unspecified atom stereocenters. The summed E-state index contributed by atoms with van der Waals surface area (Å²) >= 11 is 9.97.